The van der Waals surface area contributed by atoms with E-state index in [4.69, 9.17) is 4.74 Å². The summed E-state index contributed by atoms with van der Waals surface area (Å²) in [6.45, 7) is 8.23. The van der Waals surface area contributed by atoms with Crippen LogP contribution in [0.2, 0.25) is 0 Å². The Hall–Kier alpha value is -2.89. The Morgan fingerprint density at radius 2 is 1.65 bits per heavy atom. The number of para-hydroxylation sites is 1. The zero-order chi connectivity index (χ0) is 19.4. The Kier molecular flexibility index (Phi) is 5.97. The number of anilines is 1. The Balaban J connectivity index is 2.51. The molecule has 0 aliphatic rings. The number of nitrogens with zero attached hydrogens (tertiary/aromatic N) is 1. The predicted molar refractivity (Wildman–Crippen MR) is 102 cm³/mol. The number of ether oxygens (including phenoxy) is 1. The molecule has 2 aromatic carbocycles. The van der Waals surface area contributed by atoms with Gasteiger partial charge >= 0.3 is 0 Å². The number of amides is 1. The molecule has 2 rings (SSSR count). The number of nitrogens with one attached hydrogen (secondary N) is 1. The molecule has 0 spiro atoms. The highest BCUT2D eigenvalue weighted by Gasteiger charge is 2.21. The summed E-state index contributed by atoms with van der Waals surface area (Å²) in [5, 5.41) is 14.0. The van der Waals surface area contributed by atoms with Crippen LogP contribution in [0, 0.1) is 10.1 Å². The van der Waals surface area contributed by atoms with Crippen LogP contribution in [0.25, 0.3) is 0 Å². The van der Waals surface area contributed by atoms with Crippen LogP contribution in [0.5, 0.6) is 5.75 Å². The first-order valence-corrected chi connectivity index (χ1v) is 8.52. The third kappa shape index (κ3) is 4.02. The molecule has 0 saturated heterocycles. The van der Waals surface area contributed by atoms with E-state index in [1.54, 1.807) is 0 Å². The normalized spacial score (nSPS) is 10.9. The monoisotopic (exact) mass is 356 g/mol. The van der Waals surface area contributed by atoms with Crippen LogP contribution in [-0.4, -0.2) is 17.9 Å². The van der Waals surface area contributed by atoms with Crippen molar-refractivity contribution in [2.24, 2.45) is 0 Å². The number of methoxy groups -OCH3 is 1. The molecule has 0 heterocycles. The van der Waals surface area contributed by atoms with Crippen molar-refractivity contribution >= 4 is 17.3 Å². The molecular formula is C20H24N2O4. The largest absolute Gasteiger partial charge is 0.496 e. The van der Waals surface area contributed by atoms with Gasteiger partial charge in [0.2, 0.25) is 0 Å². The van der Waals surface area contributed by atoms with Crippen LogP contribution < -0.4 is 10.1 Å². The second-order valence-corrected chi connectivity index (χ2v) is 6.72. The van der Waals surface area contributed by atoms with Crippen molar-refractivity contribution in [3.8, 4) is 5.75 Å². The number of hydrogen-bond acceptors (Lipinski definition) is 4. The first-order chi connectivity index (χ1) is 12.3. The lowest BCUT2D eigenvalue weighted by Crippen LogP contribution is -2.17. The van der Waals surface area contributed by atoms with Crippen molar-refractivity contribution in [2.75, 3.05) is 12.4 Å². The Morgan fingerprint density at radius 3 is 2.12 bits per heavy atom. The standard InChI is InChI=1S/C20H24N2O4/c1-12(2)15-7-6-8-16(13(3)4)19(15)21-20(23)17-11-14(22(24)25)9-10-18(17)26-5/h6-13H,1-5H3,(H,21,23). The van der Waals surface area contributed by atoms with E-state index >= 15 is 0 Å². The molecule has 0 saturated carbocycles. The molecule has 0 aromatic heterocycles. The minimum atomic E-state index is -0.530. The van der Waals surface area contributed by atoms with Crippen molar-refractivity contribution in [3.05, 3.63) is 63.2 Å². The van der Waals surface area contributed by atoms with Gasteiger partial charge in [0.05, 0.1) is 17.6 Å². The Morgan fingerprint density at radius 1 is 1.08 bits per heavy atom. The molecule has 2 aromatic rings. The lowest BCUT2D eigenvalue weighted by atomic mass is 9.92. The zero-order valence-corrected chi connectivity index (χ0v) is 15.7. The summed E-state index contributed by atoms with van der Waals surface area (Å²) in [5.41, 5.74) is 2.78. The van der Waals surface area contributed by atoms with Gasteiger partial charge < -0.3 is 10.1 Å². The molecule has 0 aliphatic heterocycles. The van der Waals surface area contributed by atoms with Gasteiger partial charge in [0, 0.05) is 17.8 Å². The van der Waals surface area contributed by atoms with Crippen LogP contribution >= 0.6 is 0 Å². The predicted octanol–water partition coefficient (Wildman–Crippen LogP) is 5.10. The van der Waals surface area contributed by atoms with Gasteiger partial charge in [-0.1, -0.05) is 45.9 Å². The molecule has 6 nitrogen and oxygen atoms in total. The Labute approximate surface area is 153 Å². The molecule has 0 atom stereocenters. The second kappa shape index (κ2) is 7.99. The van der Waals surface area contributed by atoms with Crippen molar-refractivity contribution in [2.45, 2.75) is 39.5 Å². The fourth-order valence-corrected chi connectivity index (χ4v) is 2.86. The highest BCUT2D eigenvalue weighted by Crippen LogP contribution is 2.33. The fourth-order valence-electron chi connectivity index (χ4n) is 2.86. The van der Waals surface area contributed by atoms with Gasteiger partial charge in [-0.25, -0.2) is 0 Å². The minimum Gasteiger partial charge on any atom is -0.496 e. The maximum absolute atomic E-state index is 12.9. The van der Waals surface area contributed by atoms with E-state index in [0.717, 1.165) is 16.8 Å². The number of nitro benzene ring substituents is 1. The summed E-state index contributed by atoms with van der Waals surface area (Å²) < 4.78 is 5.21. The molecule has 26 heavy (non-hydrogen) atoms. The van der Waals surface area contributed by atoms with Gasteiger partial charge in [0.15, 0.2) is 0 Å². The maximum Gasteiger partial charge on any atom is 0.270 e. The van der Waals surface area contributed by atoms with Crippen molar-refractivity contribution in [1.82, 2.24) is 0 Å². The SMILES string of the molecule is COc1ccc([N+](=O)[O-])cc1C(=O)Nc1c(C(C)C)cccc1C(C)C. The van der Waals surface area contributed by atoms with Crippen LogP contribution in [-0.2, 0) is 0 Å². The van der Waals surface area contributed by atoms with E-state index in [-0.39, 0.29) is 23.1 Å². The second-order valence-electron chi connectivity index (χ2n) is 6.72. The highest BCUT2D eigenvalue weighted by atomic mass is 16.6. The number of nitro groups is 1. The summed E-state index contributed by atoms with van der Waals surface area (Å²) >= 11 is 0. The third-order valence-electron chi connectivity index (χ3n) is 4.25. The fraction of sp³-hybridized carbons (Fsp3) is 0.350. The van der Waals surface area contributed by atoms with E-state index in [9.17, 15) is 14.9 Å². The molecule has 1 amide bonds. The van der Waals surface area contributed by atoms with Crippen LogP contribution in [0.4, 0.5) is 11.4 Å². The average Bonchev–Trinajstić information content (AvgIpc) is 2.60. The Bertz CT molecular complexity index is 802. The van der Waals surface area contributed by atoms with Crippen LogP contribution in [0.15, 0.2) is 36.4 Å². The molecule has 0 unspecified atom stereocenters. The van der Waals surface area contributed by atoms with Gasteiger partial charge in [-0.2, -0.15) is 0 Å². The maximum atomic E-state index is 12.9. The van der Waals surface area contributed by atoms with E-state index in [1.165, 1.54) is 25.3 Å². The number of hydrogen-bond donors (Lipinski definition) is 1. The molecule has 6 heteroatoms. The molecule has 1 N–H and O–H groups in total. The lowest BCUT2D eigenvalue weighted by molar-refractivity contribution is -0.384. The minimum absolute atomic E-state index is 0.134. The smallest absolute Gasteiger partial charge is 0.270 e. The summed E-state index contributed by atoms with van der Waals surface area (Å²) in [6, 6.07) is 9.94. The lowest BCUT2D eigenvalue weighted by Gasteiger charge is -2.20. The number of benzene rings is 2. The van der Waals surface area contributed by atoms with Gasteiger partial charge in [-0.3, -0.25) is 14.9 Å². The number of carbonyl (C=O) groups is 1. The van der Waals surface area contributed by atoms with Crippen molar-refractivity contribution in [1.29, 1.82) is 0 Å². The quantitative estimate of drug-likeness (QED) is 0.576. The van der Waals surface area contributed by atoms with Crippen molar-refractivity contribution in [3.63, 3.8) is 0 Å². The van der Waals surface area contributed by atoms with Gasteiger partial charge in [0.25, 0.3) is 11.6 Å². The molecule has 0 bridgehead atoms. The summed E-state index contributed by atoms with van der Waals surface area (Å²) in [7, 11) is 1.43. The molecule has 138 valence electrons. The van der Waals surface area contributed by atoms with E-state index in [0.29, 0.717) is 5.75 Å². The molecule has 0 radical (unpaired) electrons. The number of non-ortho nitro benzene ring substituents is 1. The summed E-state index contributed by atoms with van der Waals surface area (Å²) in [4.78, 5) is 23.4. The number of rotatable bonds is 6. The van der Waals surface area contributed by atoms with E-state index in [1.807, 2.05) is 18.2 Å². The zero-order valence-electron chi connectivity index (χ0n) is 15.7. The molecule has 0 fully saturated rings. The van der Waals surface area contributed by atoms with Gasteiger partial charge in [-0.05, 0) is 29.0 Å². The third-order valence-corrected chi connectivity index (χ3v) is 4.25. The van der Waals surface area contributed by atoms with Crippen LogP contribution in [0.3, 0.4) is 0 Å². The number of carbonyl (C=O) groups excluding carboxylic acids is 1. The van der Waals surface area contributed by atoms with E-state index < -0.39 is 10.8 Å². The summed E-state index contributed by atoms with van der Waals surface area (Å²) in [5.74, 6) is 0.300. The average molecular weight is 356 g/mol. The summed E-state index contributed by atoms with van der Waals surface area (Å²) in [6.07, 6.45) is 0. The molecule has 0 aliphatic carbocycles. The topological polar surface area (TPSA) is 81.5 Å². The first-order valence-electron chi connectivity index (χ1n) is 8.52. The highest BCUT2D eigenvalue weighted by molar-refractivity contribution is 6.07. The first kappa shape index (κ1) is 19.4. The van der Waals surface area contributed by atoms with Gasteiger partial charge in [-0.15, -0.1) is 0 Å². The van der Waals surface area contributed by atoms with Gasteiger partial charge in [0.1, 0.15) is 5.75 Å². The van der Waals surface area contributed by atoms with E-state index in [2.05, 4.69) is 33.0 Å². The van der Waals surface area contributed by atoms with Crippen LogP contribution in [0.1, 0.15) is 61.0 Å². The molecular weight excluding hydrogens is 332 g/mol. The van der Waals surface area contributed by atoms with Crippen molar-refractivity contribution < 1.29 is 14.5 Å².